The quantitative estimate of drug-likeness (QED) is 0.0617. The molecule has 0 bridgehead atoms. The minimum absolute atomic E-state index is 0.0630. The molecular formula is C24H34F3N3O2S2. The van der Waals surface area contributed by atoms with Crippen LogP contribution in [0, 0.1) is 5.82 Å². The number of aliphatic imine (C=N–C) groups is 1. The average molecular weight is 518 g/mol. The lowest BCUT2D eigenvalue weighted by atomic mass is 9.96. The number of hydrogen-bond acceptors (Lipinski definition) is 6. The molecule has 0 aliphatic heterocycles. The van der Waals surface area contributed by atoms with Gasteiger partial charge in [-0.15, -0.1) is 24.4 Å². The summed E-state index contributed by atoms with van der Waals surface area (Å²) in [6.45, 7) is 7.77. The number of carbonyl (C=O) groups excluding carboxylic acids is 1. The van der Waals surface area contributed by atoms with Crippen molar-refractivity contribution in [3.8, 4) is 0 Å². The number of benzene rings is 1. The van der Waals surface area contributed by atoms with Gasteiger partial charge in [0, 0.05) is 35.5 Å². The second kappa shape index (κ2) is 14.6. The molecule has 0 radical (unpaired) electrons. The number of aliphatic hydroxyl groups is 1. The molecule has 4 N–H and O–H groups in total. The molecule has 10 heteroatoms. The standard InChI is InChI=1S/C24H34F3N3O2S2/c1-15(13-19(29-4)24(2,3)32)23(28)34-18(9-7-5-6-8-12-30-14-31)16-10-11-17(33)21(25)20(16)22(26)27/h9-11,14,22-23,32-33H,1,5-8,12-13,28H2,2-4H3,(H,30,31)/b18-9+,29-19?. The normalized spacial score (nSPS) is 13.8. The first kappa shape index (κ1) is 30.3. The zero-order valence-corrected chi connectivity index (χ0v) is 21.5. The van der Waals surface area contributed by atoms with Gasteiger partial charge < -0.3 is 16.2 Å². The van der Waals surface area contributed by atoms with E-state index in [1.165, 1.54) is 12.1 Å². The van der Waals surface area contributed by atoms with Gasteiger partial charge in [-0.3, -0.25) is 9.79 Å². The Balaban J connectivity index is 3.17. The summed E-state index contributed by atoms with van der Waals surface area (Å²) in [4.78, 5) is 14.7. The lowest BCUT2D eigenvalue weighted by Crippen LogP contribution is -2.33. The summed E-state index contributed by atoms with van der Waals surface area (Å²) in [6.07, 6.45) is 2.53. The van der Waals surface area contributed by atoms with Crippen molar-refractivity contribution < 1.29 is 23.1 Å². The zero-order chi connectivity index (χ0) is 25.9. The zero-order valence-electron chi connectivity index (χ0n) is 19.8. The predicted octanol–water partition coefficient (Wildman–Crippen LogP) is 5.51. The molecule has 190 valence electrons. The molecule has 1 atom stereocenters. The van der Waals surface area contributed by atoms with Crippen LogP contribution in [0.25, 0.3) is 4.91 Å². The maximum Gasteiger partial charge on any atom is 0.267 e. The van der Waals surface area contributed by atoms with Crippen LogP contribution in [0.1, 0.15) is 63.5 Å². The van der Waals surface area contributed by atoms with E-state index in [9.17, 15) is 23.1 Å². The van der Waals surface area contributed by atoms with Crippen LogP contribution in [0.15, 0.2) is 40.2 Å². The van der Waals surface area contributed by atoms with Crippen LogP contribution in [-0.2, 0) is 4.79 Å². The SMILES string of the molecule is C=C(CC(=NC)C(C)(C)O)C(N)S/C(=C/CCCCCNC=O)c1ccc(S)c(F)c1C(F)F. The molecule has 5 nitrogen and oxygen atoms in total. The number of unbranched alkanes of at least 4 members (excludes halogenated alkanes) is 3. The monoisotopic (exact) mass is 517 g/mol. The Morgan fingerprint density at radius 1 is 1.35 bits per heavy atom. The van der Waals surface area contributed by atoms with Crippen molar-refractivity contribution in [1.82, 2.24) is 5.32 Å². The fourth-order valence-corrected chi connectivity index (χ4v) is 4.41. The van der Waals surface area contributed by atoms with Gasteiger partial charge >= 0.3 is 0 Å². The van der Waals surface area contributed by atoms with Crippen LogP contribution < -0.4 is 11.1 Å². The molecular weight excluding hydrogens is 483 g/mol. The summed E-state index contributed by atoms with van der Waals surface area (Å²) in [6, 6.07) is 2.76. The van der Waals surface area contributed by atoms with Crippen LogP contribution in [0.3, 0.4) is 0 Å². The smallest absolute Gasteiger partial charge is 0.267 e. The molecule has 0 aliphatic rings. The Morgan fingerprint density at radius 2 is 2.03 bits per heavy atom. The number of amides is 1. The van der Waals surface area contributed by atoms with Gasteiger partial charge in [0.15, 0.2) is 0 Å². The Bertz CT molecular complexity index is 900. The van der Waals surface area contributed by atoms with Gasteiger partial charge in [0.2, 0.25) is 6.41 Å². The van der Waals surface area contributed by atoms with E-state index in [0.717, 1.165) is 31.0 Å². The van der Waals surface area contributed by atoms with Gasteiger partial charge in [-0.05, 0) is 50.3 Å². The molecule has 1 amide bonds. The lowest BCUT2D eigenvalue weighted by Gasteiger charge is -2.24. The van der Waals surface area contributed by atoms with Gasteiger partial charge in [-0.1, -0.05) is 25.1 Å². The van der Waals surface area contributed by atoms with Gasteiger partial charge in [0.05, 0.1) is 16.5 Å². The number of nitrogens with one attached hydrogen (secondary N) is 1. The molecule has 1 aromatic rings. The van der Waals surface area contributed by atoms with E-state index < -0.39 is 28.8 Å². The maximum absolute atomic E-state index is 14.6. The number of carbonyl (C=O) groups is 1. The summed E-state index contributed by atoms with van der Waals surface area (Å²) >= 11 is 5.05. The van der Waals surface area contributed by atoms with E-state index in [2.05, 4.69) is 29.5 Å². The maximum atomic E-state index is 14.6. The van der Waals surface area contributed by atoms with Crippen molar-refractivity contribution >= 4 is 41.4 Å². The van der Waals surface area contributed by atoms with Crippen molar-refractivity contribution in [1.29, 1.82) is 0 Å². The van der Waals surface area contributed by atoms with E-state index in [1.807, 2.05) is 0 Å². The first-order valence-electron chi connectivity index (χ1n) is 10.9. The molecule has 34 heavy (non-hydrogen) atoms. The van der Waals surface area contributed by atoms with Gasteiger partial charge in [-0.25, -0.2) is 13.2 Å². The molecule has 0 aliphatic carbocycles. The predicted molar refractivity (Wildman–Crippen MR) is 138 cm³/mol. The van der Waals surface area contributed by atoms with Crippen molar-refractivity contribution in [2.45, 2.75) is 68.2 Å². The van der Waals surface area contributed by atoms with E-state index in [-0.39, 0.29) is 16.9 Å². The highest BCUT2D eigenvalue weighted by molar-refractivity contribution is 8.09. The lowest BCUT2D eigenvalue weighted by molar-refractivity contribution is -0.109. The first-order chi connectivity index (χ1) is 15.9. The number of thioether (sulfide) groups is 1. The second-order valence-corrected chi connectivity index (χ2v) is 9.92. The van der Waals surface area contributed by atoms with Crippen molar-refractivity contribution in [3.63, 3.8) is 0 Å². The molecule has 0 saturated carbocycles. The third-order valence-corrected chi connectivity index (χ3v) is 6.68. The third-order valence-electron chi connectivity index (χ3n) is 5.11. The first-order valence-corrected chi connectivity index (χ1v) is 12.2. The van der Waals surface area contributed by atoms with Crippen LogP contribution in [-0.4, -0.2) is 41.8 Å². The summed E-state index contributed by atoms with van der Waals surface area (Å²) in [5.74, 6) is -1.06. The molecule has 1 rings (SSSR count). The Labute approximate surface area is 209 Å². The fourth-order valence-electron chi connectivity index (χ4n) is 3.18. The third kappa shape index (κ3) is 9.48. The fraction of sp³-hybridized carbons (Fsp3) is 0.500. The molecule has 0 heterocycles. The second-order valence-electron chi connectivity index (χ2n) is 8.25. The van der Waals surface area contributed by atoms with Crippen LogP contribution in [0.4, 0.5) is 13.2 Å². The topological polar surface area (TPSA) is 87.7 Å². The molecule has 0 saturated heterocycles. The largest absolute Gasteiger partial charge is 0.384 e. The number of nitrogens with zero attached hydrogens (tertiary/aromatic N) is 1. The number of rotatable bonds is 15. The molecule has 0 fully saturated rings. The average Bonchev–Trinajstić information content (AvgIpc) is 2.76. The summed E-state index contributed by atoms with van der Waals surface area (Å²) in [7, 11) is 1.56. The van der Waals surface area contributed by atoms with Gasteiger partial charge in [0.25, 0.3) is 6.43 Å². The van der Waals surface area contributed by atoms with Crippen molar-refractivity contribution in [3.05, 3.63) is 47.3 Å². The highest BCUT2D eigenvalue weighted by Gasteiger charge is 2.26. The van der Waals surface area contributed by atoms with E-state index in [4.69, 9.17) is 5.73 Å². The molecule has 1 unspecified atom stereocenters. The molecule has 1 aromatic carbocycles. The number of nitrogens with two attached hydrogens (primary N) is 1. The van der Waals surface area contributed by atoms with E-state index in [0.29, 0.717) is 35.6 Å². The van der Waals surface area contributed by atoms with Crippen LogP contribution in [0.2, 0.25) is 0 Å². The van der Waals surface area contributed by atoms with E-state index in [1.54, 1.807) is 27.0 Å². The van der Waals surface area contributed by atoms with Crippen LogP contribution in [0.5, 0.6) is 0 Å². The minimum atomic E-state index is -3.03. The number of alkyl halides is 2. The van der Waals surface area contributed by atoms with Gasteiger partial charge in [0.1, 0.15) is 5.82 Å². The summed E-state index contributed by atoms with van der Waals surface area (Å²) < 4.78 is 42.2. The Hall–Kier alpha value is -1.75. The number of hydrogen-bond donors (Lipinski definition) is 4. The Morgan fingerprint density at radius 3 is 2.59 bits per heavy atom. The van der Waals surface area contributed by atoms with E-state index >= 15 is 0 Å². The highest BCUT2D eigenvalue weighted by Crippen LogP contribution is 2.40. The van der Waals surface area contributed by atoms with Crippen LogP contribution >= 0.6 is 24.4 Å². The van der Waals surface area contributed by atoms with Crippen molar-refractivity contribution in [2.24, 2.45) is 10.7 Å². The summed E-state index contributed by atoms with van der Waals surface area (Å²) in [5.41, 5.74) is 5.55. The molecule has 0 spiro atoms. The summed E-state index contributed by atoms with van der Waals surface area (Å²) in [5, 5.41) is 12.1. The van der Waals surface area contributed by atoms with Crippen molar-refractivity contribution in [2.75, 3.05) is 13.6 Å². The molecule has 0 aromatic heterocycles. The number of allylic oxidation sites excluding steroid dienone is 1. The Kier molecular flexibility index (Phi) is 13.0. The number of halogens is 3. The highest BCUT2D eigenvalue weighted by atomic mass is 32.2. The number of thiol groups is 1. The van der Waals surface area contributed by atoms with Gasteiger partial charge in [-0.2, -0.15) is 0 Å². The minimum Gasteiger partial charge on any atom is -0.384 e.